The van der Waals surface area contributed by atoms with Gasteiger partial charge in [-0.2, -0.15) is 0 Å². The smallest absolute Gasteiger partial charge is 0.404 e. The third-order valence-corrected chi connectivity index (χ3v) is 1.35. The Balaban J connectivity index is 0.000000385. The van der Waals surface area contributed by atoms with Crippen molar-refractivity contribution in [3.8, 4) is 23.8 Å². The van der Waals surface area contributed by atoms with Crippen LogP contribution in [0.15, 0.2) is 24.3 Å². The number of terminal acetylenes is 1. The van der Waals surface area contributed by atoms with E-state index in [0.29, 0.717) is 5.75 Å². The summed E-state index contributed by atoms with van der Waals surface area (Å²) in [6.45, 7) is 0.226. The molecule has 1 rings (SSSR count). The first-order valence-electron chi connectivity index (χ1n) is 4.36. The Hall–Kier alpha value is -2.35. The highest BCUT2D eigenvalue weighted by Gasteiger charge is 1.91. The van der Waals surface area contributed by atoms with E-state index >= 15 is 0 Å². The van der Waals surface area contributed by atoms with E-state index in [0.717, 1.165) is 0 Å². The topological polar surface area (TPSA) is 78.8 Å². The molecule has 0 bridgehead atoms. The fourth-order valence-corrected chi connectivity index (χ4v) is 0.698. The molecule has 16 heavy (non-hydrogen) atoms. The summed E-state index contributed by atoms with van der Waals surface area (Å²) in [5.41, 5.74) is 0. The van der Waals surface area contributed by atoms with Gasteiger partial charge in [-0.05, 0) is 12.1 Å². The molecule has 0 unspecified atom stereocenters. The molecule has 1 aromatic rings. The minimum Gasteiger partial charge on any atom is -0.508 e. The van der Waals surface area contributed by atoms with Crippen molar-refractivity contribution < 1.29 is 19.7 Å². The Morgan fingerprint density at radius 1 is 1.62 bits per heavy atom. The van der Waals surface area contributed by atoms with Gasteiger partial charge < -0.3 is 20.3 Å². The quantitative estimate of drug-likeness (QED) is 0.660. The Morgan fingerprint density at radius 2 is 2.25 bits per heavy atom. The Bertz CT molecular complexity index is 370. The summed E-state index contributed by atoms with van der Waals surface area (Å²) in [4.78, 5) is 9.26. The molecule has 0 heterocycles. The van der Waals surface area contributed by atoms with E-state index in [2.05, 4.69) is 5.92 Å². The number of hydrogen-bond acceptors (Lipinski definition) is 3. The van der Waals surface area contributed by atoms with Gasteiger partial charge in [0.1, 0.15) is 18.1 Å². The molecule has 0 spiro atoms. The maximum absolute atomic E-state index is 9.26. The zero-order valence-corrected chi connectivity index (χ0v) is 8.80. The summed E-state index contributed by atoms with van der Waals surface area (Å²) in [6, 6.07) is 6.51. The molecule has 0 aromatic heterocycles. The number of nitrogens with one attached hydrogen (secondary N) is 1. The highest BCUT2D eigenvalue weighted by Crippen LogP contribution is 2.17. The van der Waals surface area contributed by atoms with E-state index in [9.17, 15) is 4.79 Å². The largest absolute Gasteiger partial charge is 0.508 e. The van der Waals surface area contributed by atoms with E-state index in [1.807, 2.05) is 5.32 Å². The lowest BCUT2D eigenvalue weighted by Gasteiger charge is -2.00. The van der Waals surface area contributed by atoms with Crippen molar-refractivity contribution in [1.29, 1.82) is 0 Å². The number of rotatable bonds is 2. The average molecular weight is 223 g/mol. The summed E-state index contributed by atoms with van der Waals surface area (Å²) in [7, 11) is 1.35. The molecule has 0 aliphatic carbocycles. The molecule has 0 saturated heterocycles. The summed E-state index contributed by atoms with van der Waals surface area (Å²) in [5.74, 6) is 3.10. The van der Waals surface area contributed by atoms with Crippen LogP contribution in [-0.4, -0.2) is 30.0 Å². The second kappa shape index (κ2) is 8.00. The van der Waals surface area contributed by atoms with Gasteiger partial charge in [0.15, 0.2) is 0 Å². The maximum atomic E-state index is 9.26. The molecule has 5 nitrogen and oxygen atoms in total. The molecule has 1 aromatic carbocycles. The molecular weight excluding hydrogens is 210 g/mol. The van der Waals surface area contributed by atoms with Crippen LogP contribution in [-0.2, 0) is 0 Å². The van der Waals surface area contributed by atoms with Crippen LogP contribution >= 0.6 is 0 Å². The van der Waals surface area contributed by atoms with Crippen LogP contribution in [0.3, 0.4) is 0 Å². The number of phenols is 1. The zero-order chi connectivity index (χ0) is 12.4. The van der Waals surface area contributed by atoms with Crippen LogP contribution < -0.4 is 10.1 Å². The van der Waals surface area contributed by atoms with Crippen molar-refractivity contribution >= 4 is 6.09 Å². The molecule has 0 fully saturated rings. The lowest BCUT2D eigenvalue weighted by molar-refractivity contribution is 0.197. The third-order valence-electron chi connectivity index (χ3n) is 1.35. The van der Waals surface area contributed by atoms with Crippen LogP contribution in [0.1, 0.15) is 0 Å². The van der Waals surface area contributed by atoms with E-state index in [4.69, 9.17) is 21.4 Å². The van der Waals surface area contributed by atoms with Gasteiger partial charge in [-0.25, -0.2) is 4.79 Å². The minimum atomic E-state index is -0.995. The number of benzene rings is 1. The van der Waals surface area contributed by atoms with E-state index in [-0.39, 0.29) is 12.4 Å². The van der Waals surface area contributed by atoms with Crippen LogP contribution in [0.2, 0.25) is 0 Å². The monoisotopic (exact) mass is 223 g/mol. The zero-order valence-electron chi connectivity index (χ0n) is 8.80. The summed E-state index contributed by atoms with van der Waals surface area (Å²) >= 11 is 0. The molecule has 0 saturated carbocycles. The molecule has 0 radical (unpaired) electrons. The van der Waals surface area contributed by atoms with Gasteiger partial charge in [-0.1, -0.05) is 12.0 Å². The fraction of sp³-hybridized carbons (Fsp3) is 0.182. The van der Waals surface area contributed by atoms with Crippen LogP contribution in [0.4, 0.5) is 4.79 Å². The first kappa shape index (κ1) is 13.7. The molecule has 86 valence electrons. The summed E-state index contributed by atoms with van der Waals surface area (Å²) < 4.78 is 5.04. The molecule has 0 atom stereocenters. The highest BCUT2D eigenvalue weighted by molar-refractivity contribution is 5.63. The molecule has 3 N–H and O–H groups in total. The van der Waals surface area contributed by atoms with Crippen molar-refractivity contribution in [2.45, 2.75) is 0 Å². The van der Waals surface area contributed by atoms with Crippen molar-refractivity contribution in [2.75, 3.05) is 13.7 Å². The number of ether oxygens (including phenoxy) is 1. The van der Waals surface area contributed by atoms with Gasteiger partial charge in [0, 0.05) is 13.1 Å². The Labute approximate surface area is 93.7 Å². The fourth-order valence-electron chi connectivity index (χ4n) is 0.698. The summed E-state index contributed by atoms with van der Waals surface area (Å²) in [5, 5.41) is 18.5. The SMILES string of the molecule is C#CCOc1cccc(O)c1.CNC(=O)O. The second-order valence-corrected chi connectivity index (χ2v) is 2.55. The van der Waals surface area contributed by atoms with Gasteiger partial charge in [0.25, 0.3) is 0 Å². The Morgan fingerprint density at radius 3 is 2.69 bits per heavy atom. The molecule has 0 aliphatic heterocycles. The van der Waals surface area contributed by atoms with Gasteiger partial charge >= 0.3 is 6.09 Å². The van der Waals surface area contributed by atoms with Crippen LogP contribution in [0.25, 0.3) is 0 Å². The predicted molar refractivity (Wildman–Crippen MR) is 59.5 cm³/mol. The van der Waals surface area contributed by atoms with Gasteiger partial charge in [0.2, 0.25) is 0 Å². The predicted octanol–water partition coefficient (Wildman–Crippen LogP) is 1.29. The number of hydrogen-bond donors (Lipinski definition) is 3. The van der Waals surface area contributed by atoms with Gasteiger partial charge in [-0.3, -0.25) is 0 Å². The highest BCUT2D eigenvalue weighted by atomic mass is 16.5. The van der Waals surface area contributed by atoms with Crippen molar-refractivity contribution in [3.05, 3.63) is 24.3 Å². The minimum absolute atomic E-state index is 0.180. The van der Waals surface area contributed by atoms with Crippen LogP contribution in [0.5, 0.6) is 11.5 Å². The number of carboxylic acid groups (broad SMARTS) is 1. The number of carbonyl (C=O) groups is 1. The standard InChI is InChI=1S/C9H8O2.C2H5NO2/c1-2-6-11-9-5-3-4-8(10)7-9;1-3-2(4)5/h1,3-5,7,10H,6H2;3H,1H3,(H,4,5). The van der Waals surface area contributed by atoms with Gasteiger partial charge in [-0.15, -0.1) is 6.42 Å². The van der Waals surface area contributed by atoms with Crippen molar-refractivity contribution in [2.24, 2.45) is 0 Å². The second-order valence-electron chi connectivity index (χ2n) is 2.55. The van der Waals surface area contributed by atoms with E-state index < -0.39 is 6.09 Å². The summed E-state index contributed by atoms with van der Waals surface area (Å²) in [6.07, 6.45) is 3.98. The molecular formula is C11H13NO4. The first-order chi connectivity index (χ1) is 7.60. The van der Waals surface area contributed by atoms with Gasteiger partial charge in [0.05, 0.1) is 0 Å². The lowest BCUT2D eigenvalue weighted by Crippen LogP contribution is -2.13. The van der Waals surface area contributed by atoms with Crippen LogP contribution in [0, 0.1) is 12.3 Å². The molecule has 5 heteroatoms. The van der Waals surface area contributed by atoms with Crippen molar-refractivity contribution in [1.82, 2.24) is 5.32 Å². The first-order valence-corrected chi connectivity index (χ1v) is 4.36. The van der Waals surface area contributed by atoms with E-state index in [1.165, 1.54) is 13.1 Å². The number of amides is 1. The average Bonchev–Trinajstić information content (AvgIpc) is 2.27. The van der Waals surface area contributed by atoms with E-state index in [1.54, 1.807) is 18.2 Å². The third kappa shape index (κ3) is 7.09. The lowest BCUT2D eigenvalue weighted by atomic mass is 10.3. The molecule has 0 aliphatic rings. The number of aromatic hydroxyl groups is 1. The van der Waals surface area contributed by atoms with Crippen molar-refractivity contribution in [3.63, 3.8) is 0 Å². The molecule has 1 amide bonds. The Kier molecular flexibility index (Phi) is 6.82. The number of phenolic OH excluding ortho intramolecular Hbond substituents is 1. The maximum Gasteiger partial charge on any atom is 0.404 e. The normalized spacial score (nSPS) is 8.00.